The van der Waals surface area contributed by atoms with E-state index in [4.69, 9.17) is 14.2 Å². The Hall–Kier alpha value is -2.39. The third-order valence-electron chi connectivity index (χ3n) is 6.09. The third-order valence-corrected chi connectivity index (χ3v) is 6.09. The average molecular weight is 443 g/mol. The maximum atomic E-state index is 11.0. The summed E-state index contributed by atoms with van der Waals surface area (Å²) in [4.78, 5) is 8.87. The molecule has 0 bridgehead atoms. The topological polar surface area (TPSA) is 79.3 Å². The predicted molar refractivity (Wildman–Crippen MR) is 123 cm³/mol. The Bertz CT molecular complexity index is 847. The normalized spacial score (nSPS) is 21.6. The summed E-state index contributed by atoms with van der Waals surface area (Å²) in [5, 5.41) is 14.4. The van der Waals surface area contributed by atoms with Crippen LogP contribution in [0.15, 0.2) is 42.6 Å². The molecule has 2 aliphatic rings. The minimum atomic E-state index is -0.760. The lowest BCUT2D eigenvalue weighted by molar-refractivity contribution is 0.0321. The van der Waals surface area contributed by atoms with Crippen LogP contribution in [0.25, 0.3) is 0 Å². The first-order valence-electron chi connectivity index (χ1n) is 11.3. The van der Waals surface area contributed by atoms with E-state index < -0.39 is 5.60 Å². The highest BCUT2D eigenvalue weighted by Gasteiger charge is 2.36. The van der Waals surface area contributed by atoms with Crippen LogP contribution in [0, 0.1) is 0 Å². The zero-order valence-electron chi connectivity index (χ0n) is 18.8. The average Bonchev–Trinajstić information content (AvgIpc) is 3.23. The molecule has 0 radical (unpaired) electrons. The number of anilines is 1. The van der Waals surface area contributed by atoms with Gasteiger partial charge in [-0.05, 0) is 36.2 Å². The molecule has 8 nitrogen and oxygen atoms in total. The number of benzene rings is 1. The quantitative estimate of drug-likeness (QED) is 0.574. The second-order valence-corrected chi connectivity index (χ2v) is 8.48. The summed E-state index contributed by atoms with van der Waals surface area (Å²) in [6.07, 6.45) is 2.50. The molecular weight excluding hydrogens is 408 g/mol. The van der Waals surface area contributed by atoms with Gasteiger partial charge in [0.15, 0.2) is 11.5 Å². The van der Waals surface area contributed by atoms with E-state index in [2.05, 4.69) is 20.1 Å². The van der Waals surface area contributed by atoms with E-state index in [-0.39, 0.29) is 0 Å². The molecule has 1 atom stereocenters. The number of β-amino-alcohol motifs (C(OH)–C–C–N with tert-alkyl or cyclic N) is 1. The highest BCUT2D eigenvalue weighted by atomic mass is 16.5. The number of nitrogens with one attached hydrogen (secondary N) is 1. The molecule has 2 saturated heterocycles. The van der Waals surface area contributed by atoms with Crippen LogP contribution in [-0.2, 0) is 11.3 Å². The summed E-state index contributed by atoms with van der Waals surface area (Å²) >= 11 is 0. The number of methoxy groups -OCH3 is 1. The Morgan fingerprint density at radius 1 is 1.16 bits per heavy atom. The van der Waals surface area contributed by atoms with Crippen molar-refractivity contribution < 1.29 is 19.3 Å². The first kappa shape index (κ1) is 22.8. The van der Waals surface area contributed by atoms with Crippen LogP contribution < -0.4 is 19.7 Å². The number of rotatable bonds is 10. The molecule has 2 N–H and O–H groups in total. The maximum Gasteiger partial charge on any atom is 0.161 e. The SMILES string of the molecule is COc1cc(CNCC2(O)CCN(c3ccccn3)C2)ccc1OCCN1CCOCC1. The second kappa shape index (κ2) is 11.0. The molecule has 2 aromatic rings. The van der Waals surface area contributed by atoms with Crippen LogP contribution in [0.5, 0.6) is 11.5 Å². The van der Waals surface area contributed by atoms with Crippen molar-refractivity contribution >= 4 is 5.82 Å². The van der Waals surface area contributed by atoms with Crippen molar-refractivity contribution in [2.24, 2.45) is 0 Å². The van der Waals surface area contributed by atoms with Crippen LogP contribution in [0.2, 0.25) is 0 Å². The molecule has 0 aliphatic carbocycles. The van der Waals surface area contributed by atoms with Crippen molar-refractivity contribution in [3.63, 3.8) is 0 Å². The summed E-state index contributed by atoms with van der Waals surface area (Å²) in [6.45, 7) is 7.55. The second-order valence-electron chi connectivity index (χ2n) is 8.48. The van der Waals surface area contributed by atoms with E-state index in [0.717, 1.165) is 68.7 Å². The van der Waals surface area contributed by atoms with E-state index >= 15 is 0 Å². The molecule has 2 aliphatic heterocycles. The molecule has 3 heterocycles. The van der Waals surface area contributed by atoms with Gasteiger partial charge in [0.1, 0.15) is 12.4 Å². The number of pyridine rings is 1. The monoisotopic (exact) mass is 442 g/mol. The van der Waals surface area contributed by atoms with Crippen LogP contribution >= 0.6 is 0 Å². The zero-order chi connectivity index (χ0) is 22.2. The van der Waals surface area contributed by atoms with E-state index in [1.54, 1.807) is 13.3 Å². The Morgan fingerprint density at radius 2 is 2.03 bits per heavy atom. The first-order valence-corrected chi connectivity index (χ1v) is 11.3. The fraction of sp³-hybridized carbons (Fsp3) is 0.542. The van der Waals surface area contributed by atoms with Crippen molar-refractivity contribution in [1.82, 2.24) is 15.2 Å². The van der Waals surface area contributed by atoms with Gasteiger partial charge in [-0.25, -0.2) is 4.98 Å². The molecule has 1 aromatic heterocycles. The van der Waals surface area contributed by atoms with Gasteiger partial charge in [-0.3, -0.25) is 4.90 Å². The lowest BCUT2D eigenvalue weighted by Gasteiger charge is -2.26. The van der Waals surface area contributed by atoms with Crippen LogP contribution in [0.1, 0.15) is 12.0 Å². The molecule has 1 aromatic carbocycles. The highest BCUT2D eigenvalue weighted by Crippen LogP contribution is 2.28. The van der Waals surface area contributed by atoms with Gasteiger partial charge < -0.3 is 29.5 Å². The first-order chi connectivity index (χ1) is 15.6. The molecule has 1 unspecified atom stereocenters. The number of hydrogen-bond donors (Lipinski definition) is 2. The molecule has 0 amide bonds. The number of ether oxygens (including phenoxy) is 3. The van der Waals surface area contributed by atoms with Crippen molar-refractivity contribution in [3.8, 4) is 11.5 Å². The van der Waals surface area contributed by atoms with Gasteiger partial charge in [-0.1, -0.05) is 12.1 Å². The van der Waals surface area contributed by atoms with Gasteiger partial charge in [0.25, 0.3) is 0 Å². The van der Waals surface area contributed by atoms with Gasteiger partial charge in [0.2, 0.25) is 0 Å². The van der Waals surface area contributed by atoms with E-state index in [1.807, 2.05) is 36.4 Å². The maximum absolute atomic E-state index is 11.0. The minimum absolute atomic E-state index is 0.524. The van der Waals surface area contributed by atoms with Gasteiger partial charge in [-0.15, -0.1) is 0 Å². The fourth-order valence-corrected chi connectivity index (χ4v) is 4.23. The van der Waals surface area contributed by atoms with Crippen molar-refractivity contribution in [3.05, 3.63) is 48.2 Å². The summed E-state index contributed by atoms with van der Waals surface area (Å²) in [5.41, 5.74) is 0.329. The minimum Gasteiger partial charge on any atom is -0.493 e. The largest absolute Gasteiger partial charge is 0.493 e. The molecule has 174 valence electrons. The van der Waals surface area contributed by atoms with Crippen LogP contribution in [-0.4, -0.2) is 86.8 Å². The summed E-state index contributed by atoms with van der Waals surface area (Å²) in [5.74, 6) is 2.40. The molecule has 32 heavy (non-hydrogen) atoms. The Kier molecular flexibility index (Phi) is 7.81. The molecule has 0 saturated carbocycles. The van der Waals surface area contributed by atoms with Crippen LogP contribution in [0.3, 0.4) is 0 Å². The Labute approximate surface area is 190 Å². The number of aliphatic hydroxyl groups is 1. The molecule has 4 rings (SSSR count). The lowest BCUT2D eigenvalue weighted by atomic mass is 10.0. The highest BCUT2D eigenvalue weighted by molar-refractivity contribution is 5.43. The number of aromatic nitrogens is 1. The molecule has 8 heteroatoms. The van der Waals surface area contributed by atoms with Crippen molar-refractivity contribution in [1.29, 1.82) is 0 Å². The van der Waals surface area contributed by atoms with Gasteiger partial charge >= 0.3 is 0 Å². The predicted octanol–water partition coefficient (Wildman–Crippen LogP) is 1.53. The van der Waals surface area contributed by atoms with Crippen LogP contribution in [0.4, 0.5) is 5.82 Å². The molecular formula is C24H34N4O4. The zero-order valence-corrected chi connectivity index (χ0v) is 18.8. The Balaban J connectivity index is 1.23. The summed E-state index contributed by atoms with van der Waals surface area (Å²) in [7, 11) is 1.66. The smallest absolute Gasteiger partial charge is 0.161 e. The lowest BCUT2D eigenvalue weighted by Crippen LogP contribution is -2.43. The standard InChI is InChI=1S/C24H34N4O4/c1-30-22-16-20(5-6-21(22)32-15-12-27-10-13-31-14-11-27)17-25-18-24(29)7-9-28(19-24)23-4-2-3-8-26-23/h2-6,8,16,25,29H,7,9-15,17-19H2,1H3. The van der Waals surface area contributed by atoms with Gasteiger partial charge in [-0.2, -0.15) is 0 Å². The fourth-order valence-electron chi connectivity index (χ4n) is 4.23. The third kappa shape index (κ3) is 6.10. The van der Waals surface area contributed by atoms with Crippen molar-refractivity contribution in [2.45, 2.75) is 18.6 Å². The number of hydrogen-bond acceptors (Lipinski definition) is 8. The van der Waals surface area contributed by atoms with E-state index in [0.29, 0.717) is 26.2 Å². The number of nitrogens with zero attached hydrogens (tertiary/aromatic N) is 3. The Morgan fingerprint density at radius 3 is 2.81 bits per heavy atom. The molecule has 2 fully saturated rings. The molecule has 0 spiro atoms. The van der Waals surface area contributed by atoms with Gasteiger partial charge in [0, 0.05) is 52.0 Å². The summed E-state index contributed by atoms with van der Waals surface area (Å²) < 4.78 is 16.9. The van der Waals surface area contributed by atoms with E-state index in [1.165, 1.54) is 0 Å². The van der Waals surface area contributed by atoms with E-state index in [9.17, 15) is 5.11 Å². The summed E-state index contributed by atoms with van der Waals surface area (Å²) in [6, 6.07) is 11.9. The van der Waals surface area contributed by atoms with Gasteiger partial charge in [0.05, 0.1) is 25.9 Å². The van der Waals surface area contributed by atoms with Crippen molar-refractivity contribution in [2.75, 3.05) is 71.1 Å². The number of morpholine rings is 1.